The fraction of sp³-hybridized carbons (Fsp3) is 0.421. The van der Waals surface area contributed by atoms with Crippen molar-refractivity contribution in [3.8, 4) is 0 Å². The molecule has 2 saturated heterocycles. The minimum Gasteiger partial charge on any atom is -0.378 e. The van der Waals surface area contributed by atoms with Crippen molar-refractivity contribution in [1.82, 2.24) is 14.9 Å². The Morgan fingerprint density at radius 3 is 2.31 bits per heavy atom. The summed E-state index contributed by atoms with van der Waals surface area (Å²) >= 11 is 0. The summed E-state index contributed by atoms with van der Waals surface area (Å²) in [5, 5.41) is 10.8. The zero-order valence-electron chi connectivity index (χ0n) is 15.9. The van der Waals surface area contributed by atoms with Gasteiger partial charge in [-0.3, -0.25) is 14.9 Å². The number of hydrogen-bond acceptors (Lipinski definition) is 8. The van der Waals surface area contributed by atoms with E-state index in [0.717, 1.165) is 18.9 Å². The lowest BCUT2D eigenvalue weighted by molar-refractivity contribution is -0.384. The van der Waals surface area contributed by atoms with Gasteiger partial charge in [0.05, 0.1) is 18.1 Å². The normalized spacial score (nSPS) is 17.3. The van der Waals surface area contributed by atoms with Crippen molar-refractivity contribution in [2.24, 2.45) is 0 Å². The third-order valence-corrected chi connectivity index (χ3v) is 5.14. The van der Waals surface area contributed by atoms with Crippen molar-refractivity contribution in [2.45, 2.75) is 0 Å². The summed E-state index contributed by atoms with van der Waals surface area (Å²) in [6.07, 6.45) is 1.77. The molecular weight excluding hydrogens is 376 g/mol. The molecule has 0 radical (unpaired) electrons. The van der Waals surface area contributed by atoms with Gasteiger partial charge in [-0.25, -0.2) is 4.98 Å². The molecule has 2 aliphatic rings. The Kier molecular flexibility index (Phi) is 5.52. The van der Waals surface area contributed by atoms with Crippen LogP contribution in [0.25, 0.3) is 0 Å². The predicted molar refractivity (Wildman–Crippen MR) is 106 cm³/mol. The molecule has 0 spiro atoms. The SMILES string of the molecule is O=C(c1ccc([N+](=O)[O-])cc1)N1CCN(c2ccnc(N3CCOCC3)n2)CC1. The smallest absolute Gasteiger partial charge is 0.269 e. The van der Waals surface area contributed by atoms with Crippen LogP contribution in [0.3, 0.4) is 0 Å². The number of aromatic nitrogens is 2. The molecule has 4 rings (SSSR count). The highest BCUT2D eigenvalue weighted by molar-refractivity contribution is 5.94. The Hall–Kier alpha value is -3.27. The van der Waals surface area contributed by atoms with E-state index < -0.39 is 4.92 Å². The summed E-state index contributed by atoms with van der Waals surface area (Å²) in [6, 6.07) is 7.62. The van der Waals surface area contributed by atoms with Crippen LogP contribution >= 0.6 is 0 Å². The minimum absolute atomic E-state index is 0.0220. The van der Waals surface area contributed by atoms with Gasteiger partial charge in [-0.2, -0.15) is 4.98 Å². The number of anilines is 2. The van der Waals surface area contributed by atoms with Gasteiger partial charge < -0.3 is 19.4 Å². The number of carbonyl (C=O) groups excluding carboxylic acids is 1. The van der Waals surface area contributed by atoms with E-state index in [1.54, 1.807) is 11.1 Å². The molecule has 2 fully saturated rings. The van der Waals surface area contributed by atoms with Gasteiger partial charge in [0, 0.05) is 63.2 Å². The average molecular weight is 398 g/mol. The highest BCUT2D eigenvalue weighted by atomic mass is 16.6. The molecule has 0 unspecified atom stereocenters. The zero-order valence-corrected chi connectivity index (χ0v) is 15.9. The first kappa shape index (κ1) is 19.1. The Morgan fingerprint density at radius 2 is 1.66 bits per heavy atom. The molecule has 0 aliphatic carbocycles. The molecule has 2 aromatic rings. The number of amides is 1. The summed E-state index contributed by atoms with van der Waals surface area (Å²) in [7, 11) is 0. The van der Waals surface area contributed by atoms with E-state index in [9.17, 15) is 14.9 Å². The van der Waals surface area contributed by atoms with Crippen molar-refractivity contribution < 1.29 is 14.5 Å². The maximum atomic E-state index is 12.7. The molecule has 10 heteroatoms. The fourth-order valence-corrected chi connectivity index (χ4v) is 3.48. The third-order valence-electron chi connectivity index (χ3n) is 5.14. The first-order chi connectivity index (χ1) is 14.1. The summed E-state index contributed by atoms with van der Waals surface area (Å²) in [5.41, 5.74) is 0.437. The number of nitro groups is 1. The van der Waals surface area contributed by atoms with Gasteiger partial charge in [0.15, 0.2) is 0 Å². The monoisotopic (exact) mass is 398 g/mol. The van der Waals surface area contributed by atoms with Crippen LogP contribution in [0.5, 0.6) is 0 Å². The van der Waals surface area contributed by atoms with E-state index in [4.69, 9.17) is 9.72 Å². The van der Waals surface area contributed by atoms with E-state index in [2.05, 4.69) is 14.8 Å². The Bertz CT molecular complexity index is 877. The van der Waals surface area contributed by atoms with Crippen molar-refractivity contribution in [3.05, 3.63) is 52.2 Å². The number of ether oxygens (including phenoxy) is 1. The number of benzene rings is 1. The van der Waals surface area contributed by atoms with Gasteiger partial charge in [0.2, 0.25) is 5.95 Å². The standard InChI is InChI=1S/C19H22N6O4/c26-18(15-1-3-16(4-2-15)25(27)28)23-9-7-22(8-10-23)17-5-6-20-19(21-17)24-11-13-29-14-12-24/h1-6H,7-14H2. The van der Waals surface area contributed by atoms with Gasteiger partial charge in [0.25, 0.3) is 11.6 Å². The molecular formula is C19H22N6O4. The molecule has 0 saturated carbocycles. The molecule has 1 aromatic carbocycles. The third kappa shape index (κ3) is 4.27. The molecule has 152 valence electrons. The Labute approximate surface area is 167 Å². The van der Waals surface area contributed by atoms with E-state index in [-0.39, 0.29) is 11.6 Å². The largest absolute Gasteiger partial charge is 0.378 e. The second-order valence-electron chi connectivity index (χ2n) is 6.90. The molecule has 2 aliphatic heterocycles. The highest BCUT2D eigenvalue weighted by Crippen LogP contribution is 2.19. The van der Waals surface area contributed by atoms with Crippen LogP contribution in [0.4, 0.5) is 17.5 Å². The maximum Gasteiger partial charge on any atom is 0.269 e. The highest BCUT2D eigenvalue weighted by Gasteiger charge is 2.24. The van der Waals surface area contributed by atoms with E-state index in [1.807, 2.05) is 6.07 Å². The average Bonchev–Trinajstić information content (AvgIpc) is 2.79. The number of hydrogen-bond donors (Lipinski definition) is 0. The van der Waals surface area contributed by atoms with Crippen LogP contribution in [0.15, 0.2) is 36.5 Å². The second-order valence-corrected chi connectivity index (χ2v) is 6.90. The lowest BCUT2D eigenvalue weighted by atomic mass is 10.1. The number of morpholine rings is 1. The lowest BCUT2D eigenvalue weighted by Gasteiger charge is -2.36. The van der Waals surface area contributed by atoms with E-state index >= 15 is 0 Å². The lowest BCUT2D eigenvalue weighted by Crippen LogP contribution is -2.49. The van der Waals surface area contributed by atoms with Crippen LogP contribution in [-0.2, 0) is 4.74 Å². The molecule has 3 heterocycles. The number of rotatable bonds is 4. The summed E-state index contributed by atoms with van der Waals surface area (Å²) in [5.74, 6) is 1.44. The van der Waals surface area contributed by atoms with E-state index in [0.29, 0.717) is 50.9 Å². The topological polar surface area (TPSA) is 105 Å². The van der Waals surface area contributed by atoms with E-state index in [1.165, 1.54) is 24.3 Å². The van der Waals surface area contributed by atoms with Crippen LogP contribution in [-0.4, -0.2) is 78.2 Å². The predicted octanol–water partition coefficient (Wildman–Crippen LogP) is 1.18. The maximum absolute atomic E-state index is 12.7. The summed E-state index contributed by atoms with van der Waals surface area (Å²) < 4.78 is 5.38. The number of nitrogens with zero attached hydrogens (tertiary/aromatic N) is 6. The van der Waals surface area contributed by atoms with Crippen LogP contribution in [0.1, 0.15) is 10.4 Å². The summed E-state index contributed by atoms with van der Waals surface area (Å²) in [4.78, 5) is 38.1. The number of carbonyl (C=O) groups is 1. The molecule has 0 N–H and O–H groups in total. The minimum atomic E-state index is -0.472. The van der Waals surface area contributed by atoms with Gasteiger partial charge >= 0.3 is 0 Å². The van der Waals surface area contributed by atoms with Crippen molar-refractivity contribution in [3.63, 3.8) is 0 Å². The number of nitro benzene ring substituents is 1. The number of non-ortho nitro benzene ring substituents is 1. The van der Waals surface area contributed by atoms with Crippen molar-refractivity contribution in [2.75, 3.05) is 62.3 Å². The van der Waals surface area contributed by atoms with Crippen molar-refractivity contribution >= 4 is 23.4 Å². The molecule has 10 nitrogen and oxygen atoms in total. The van der Waals surface area contributed by atoms with Crippen LogP contribution in [0.2, 0.25) is 0 Å². The van der Waals surface area contributed by atoms with Gasteiger partial charge in [-0.15, -0.1) is 0 Å². The molecule has 1 aromatic heterocycles. The van der Waals surface area contributed by atoms with Crippen LogP contribution in [0, 0.1) is 10.1 Å². The Balaban J connectivity index is 1.37. The molecule has 0 atom stereocenters. The quantitative estimate of drug-likeness (QED) is 0.559. The van der Waals surface area contributed by atoms with Crippen LogP contribution < -0.4 is 9.80 Å². The first-order valence-corrected chi connectivity index (χ1v) is 9.56. The zero-order chi connectivity index (χ0) is 20.2. The molecule has 1 amide bonds. The van der Waals surface area contributed by atoms with Gasteiger partial charge in [-0.05, 0) is 18.2 Å². The summed E-state index contributed by atoms with van der Waals surface area (Å²) in [6.45, 7) is 5.37. The van der Waals surface area contributed by atoms with Gasteiger partial charge in [0.1, 0.15) is 5.82 Å². The van der Waals surface area contributed by atoms with Gasteiger partial charge in [-0.1, -0.05) is 0 Å². The molecule has 0 bridgehead atoms. The molecule has 29 heavy (non-hydrogen) atoms. The Morgan fingerprint density at radius 1 is 0.966 bits per heavy atom. The first-order valence-electron chi connectivity index (χ1n) is 9.56. The van der Waals surface area contributed by atoms with Crippen molar-refractivity contribution in [1.29, 1.82) is 0 Å². The second kappa shape index (κ2) is 8.39. The fourth-order valence-electron chi connectivity index (χ4n) is 3.48. The number of piperazine rings is 1.